The summed E-state index contributed by atoms with van der Waals surface area (Å²) in [5, 5.41) is 8.83. The van der Waals surface area contributed by atoms with Gasteiger partial charge in [-0.15, -0.1) is 0 Å². The van der Waals surface area contributed by atoms with Crippen molar-refractivity contribution in [2.24, 2.45) is 11.7 Å². The second-order valence-electron chi connectivity index (χ2n) is 4.06. The molecule has 0 aliphatic carbocycles. The van der Waals surface area contributed by atoms with E-state index in [1.165, 1.54) is 6.42 Å². The summed E-state index contributed by atoms with van der Waals surface area (Å²) >= 11 is 0. The molecule has 0 bridgehead atoms. The zero-order valence-electron chi connectivity index (χ0n) is 8.53. The quantitative estimate of drug-likeness (QED) is 0.690. The summed E-state index contributed by atoms with van der Waals surface area (Å²) < 4.78 is 0. The van der Waals surface area contributed by atoms with Crippen LogP contribution >= 0.6 is 0 Å². The minimum absolute atomic E-state index is 0.0149. The fourth-order valence-electron chi connectivity index (χ4n) is 2.09. The first-order chi connectivity index (χ1) is 6.19. The molecule has 1 aliphatic rings. The zero-order chi connectivity index (χ0) is 9.84. The molecular weight excluding hydrogens is 162 g/mol. The van der Waals surface area contributed by atoms with Gasteiger partial charge in [-0.05, 0) is 32.2 Å². The van der Waals surface area contributed by atoms with Crippen LogP contribution in [0.5, 0.6) is 0 Å². The maximum Gasteiger partial charge on any atom is 0.0952 e. The Hall–Kier alpha value is -0.590. The van der Waals surface area contributed by atoms with Crippen molar-refractivity contribution in [3.05, 3.63) is 0 Å². The molecule has 1 fully saturated rings. The molecule has 0 saturated carbocycles. The molecule has 0 spiro atoms. The molecule has 3 nitrogen and oxygen atoms in total. The van der Waals surface area contributed by atoms with Crippen LogP contribution < -0.4 is 5.73 Å². The summed E-state index contributed by atoms with van der Waals surface area (Å²) in [6.07, 6.45) is 2.34. The van der Waals surface area contributed by atoms with Crippen molar-refractivity contribution in [1.82, 2.24) is 4.90 Å². The average molecular weight is 181 g/mol. The highest BCUT2D eigenvalue weighted by molar-refractivity contribution is 4.94. The van der Waals surface area contributed by atoms with Crippen LogP contribution in [0, 0.1) is 17.2 Å². The van der Waals surface area contributed by atoms with Crippen molar-refractivity contribution in [2.75, 3.05) is 13.1 Å². The first-order valence-corrected chi connectivity index (χ1v) is 5.04. The summed E-state index contributed by atoms with van der Waals surface area (Å²) in [7, 11) is 0. The van der Waals surface area contributed by atoms with Gasteiger partial charge in [-0.3, -0.25) is 4.90 Å². The lowest BCUT2D eigenvalue weighted by Gasteiger charge is -2.39. The lowest BCUT2D eigenvalue weighted by Crippen LogP contribution is -2.49. The molecule has 13 heavy (non-hydrogen) atoms. The van der Waals surface area contributed by atoms with E-state index in [4.69, 9.17) is 11.0 Å². The van der Waals surface area contributed by atoms with Gasteiger partial charge in [0.05, 0.1) is 12.1 Å². The Bertz CT molecular complexity index is 197. The van der Waals surface area contributed by atoms with Crippen LogP contribution in [0.2, 0.25) is 0 Å². The molecule has 3 unspecified atom stereocenters. The highest BCUT2D eigenvalue weighted by Crippen LogP contribution is 2.23. The third kappa shape index (κ3) is 2.43. The standard InChI is InChI=1S/C10H19N3/c1-8-3-4-13(9(2)6-11)10(5-8)7-12/h8-10H,3-5,7,12H2,1-2H3. The zero-order valence-corrected chi connectivity index (χ0v) is 8.53. The van der Waals surface area contributed by atoms with Gasteiger partial charge in [0.25, 0.3) is 0 Å². The molecule has 3 heteroatoms. The molecule has 1 saturated heterocycles. The topological polar surface area (TPSA) is 53.0 Å². The number of piperidine rings is 1. The van der Waals surface area contributed by atoms with Crippen molar-refractivity contribution in [2.45, 2.75) is 38.8 Å². The number of nitrogens with zero attached hydrogens (tertiary/aromatic N) is 2. The van der Waals surface area contributed by atoms with Crippen LogP contribution in [0.25, 0.3) is 0 Å². The van der Waals surface area contributed by atoms with Crippen molar-refractivity contribution in [1.29, 1.82) is 5.26 Å². The predicted molar refractivity (Wildman–Crippen MR) is 53.0 cm³/mol. The highest BCUT2D eigenvalue weighted by Gasteiger charge is 2.28. The van der Waals surface area contributed by atoms with Gasteiger partial charge in [0.15, 0.2) is 0 Å². The smallest absolute Gasteiger partial charge is 0.0952 e. The van der Waals surface area contributed by atoms with Gasteiger partial charge < -0.3 is 5.73 Å². The summed E-state index contributed by atoms with van der Waals surface area (Å²) in [6.45, 7) is 5.92. The molecule has 0 aromatic heterocycles. The fraction of sp³-hybridized carbons (Fsp3) is 0.900. The fourth-order valence-corrected chi connectivity index (χ4v) is 2.09. The Morgan fingerprint density at radius 3 is 2.92 bits per heavy atom. The van der Waals surface area contributed by atoms with E-state index in [1.54, 1.807) is 0 Å². The largest absolute Gasteiger partial charge is 0.329 e. The van der Waals surface area contributed by atoms with Crippen LogP contribution in [0.1, 0.15) is 26.7 Å². The van der Waals surface area contributed by atoms with Gasteiger partial charge >= 0.3 is 0 Å². The third-order valence-electron chi connectivity index (χ3n) is 2.98. The summed E-state index contributed by atoms with van der Waals surface area (Å²) in [5.74, 6) is 0.760. The van der Waals surface area contributed by atoms with Gasteiger partial charge in [-0.25, -0.2) is 0 Å². The Kier molecular flexibility index (Phi) is 3.71. The predicted octanol–water partition coefficient (Wildman–Crippen LogP) is 0.958. The number of nitriles is 1. The molecule has 2 N–H and O–H groups in total. The maximum atomic E-state index is 8.83. The summed E-state index contributed by atoms with van der Waals surface area (Å²) in [5.41, 5.74) is 5.70. The molecule has 1 aliphatic heterocycles. The number of likely N-dealkylation sites (tertiary alicyclic amines) is 1. The minimum atomic E-state index is 0.0149. The van der Waals surface area contributed by atoms with E-state index in [1.807, 2.05) is 6.92 Å². The van der Waals surface area contributed by atoms with E-state index in [0.29, 0.717) is 12.6 Å². The van der Waals surface area contributed by atoms with Crippen molar-refractivity contribution in [3.63, 3.8) is 0 Å². The Morgan fingerprint density at radius 1 is 1.69 bits per heavy atom. The molecule has 1 heterocycles. The Morgan fingerprint density at radius 2 is 2.38 bits per heavy atom. The maximum absolute atomic E-state index is 8.83. The monoisotopic (exact) mass is 181 g/mol. The molecular formula is C10H19N3. The molecule has 1 rings (SSSR count). The van der Waals surface area contributed by atoms with Crippen LogP contribution in [0.3, 0.4) is 0 Å². The van der Waals surface area contributed by atoms with Gasteiger partial charge in [0.2, 0.25) is 0 Å². The molecule has 0 radical (unpaired) electrons. The van der Waals surface area contributed by atoms with Gasteiger partial charge in [0, 0.05) is 12.6 Å². The lowest BCUT2D eigenvalue weighted by molar-refractivity contribution is 0.105. The van der Waals surface area contributed by atoms with Crippen LogP contribution in [0.15, 0.2) is 0 Å². The highest BCUT2D eigenvalue weighted by atomic mass is 15.2. The van der Waals surface area contributed by atoms with E-state index in [0.717, 1.165) is 18.9 Å². The van der Waals surface area contributed by atoms with Gasteiger partial charge in [-0.1, -0.05) is 6.92 Å². The normalized spacial score (nSPS) is 32.5. The van der Waals surface area contributed by atoms with E-state index < -0.39 is 0 Å². The van der Waals surface area contributed by atoms with E-state index in [2.05, 4.69) is 17.9 Å². The van der Waals surface area contributed by atoms with Crippen LogP contribution in [-0.2, 0) is 0 Å². The first kappa shape index (κ1) is 10.5. The van der Waals surface area contributed by atoms with Crippen LogP contribution in [-0.4, -0.2) is 30.1 Å². The number of hydrogen-bond donors (Lipinski definition) is 1. The molecule has 0 aromatic rings. The summed E-state index contributed by atoms with van der Waals surface area (Å²) in [6, 6.07) is 2.71. The van der Waals surface area contributed by atoms with Gasteiger partial charge in [-0.2, -0.15) is 5.26 Å². The molecule has 3 atom stereocenters. The van der Waals surface area contributed by atoms with Crippen LogP contribution in [0.4, 0.5) is 0 Å². The van der Waals surface area contributed by atoms with Gasteiger partial charge in [0.1, 0.15) is 0 Å². The van der Waals surface area contributed by atoms with E-state index in [-0.39, 0.29) is 6.04 Å². The first-order valence-electron chi connectivity index (χ1n) is 5.04. The number of rotatable bonds is 2. The van der Waals surface area contributed by atoms with E-state index >= 15 is 0 Å². The molecule has 0 aromatic carbocycles. The number of hydrogen-bond acceptors (Lipinski definition) is 3. The average Bonchev–Trinajstić information content (AvgIpc) is 2.16. The SMILES string of the molecule is CC1CCN(C(C)C#N)C(CN)C1. The molecule has 74 valence electrons. The second-order valence-corrected chi connectivity index (χ2v) is 4.06. The minimum Gasteiger partial charge on any atom is -0.329 e. The lowest BCUT2D eigenvalue weighted by atomic mass is 9.91. The second kappa shape index (κ2) is 4.59. The van der Waals surface area contributed by atoms with Crippen molar-refractivity contribution < 1.29 is 0 Å². The Balaban J connectivity index is 2.58. The number of nitrogens with two attached hydrogens (primary N) is 1. The van der Waals surface area contributed by atoms with Crippen molar-refractivity contribution >= 4 is 0 Å². The third-order valence-corrected chi connectivity index (χ3v) is 2.98. The van der Waals surface area contributed by atoms with E-state index in [9.17, 15) is 0 Å². The molecule has 0 amide bonds. The summed E-state index contributed by atoms with van der Waals surface area (Å²) in [4.78, 5) is 2.24. The Labute approximate surface area is 80.5 Å². The van der Waals surface area contributed by atoms with Crippen molar-refractivity contribution in [3.8, 4) is 6.07 Å².